The van der Waals surface area contributed by atoms with Gasteiger partial charge in [-0.1, -0.05) is 0 Å². The van der Waals surface area contributed by atoms with Crippen LogP contribution in [-0.4, -0.2) is 55.7 Å². The van der Waals surface area contributed by atoms with Crippen molar-refractivity contribution in [3.63, 3.8) is 0 Å². The van der Waals surface area contributed by atoms with Crippen molar-refractivity contribution in [2.75, 3.05) is 25.0 Å². The summed E-state index contributed by atoms with van der Waals surface area (Å²) in [5.41, 5.74) is 1.44. The SMILES string of the molecule is O=C(O)N1CCC(CNc2ncnc3nc[nH]c23)CC1. The van der Waals surface area contributed by atoms with Gasteiger partial charge in [-0.25, -0.2) is 19.7 Å². The number of rotatable bonds is 3. The lowest BCUT2D eigenvalue weighted by atomic mass is 9.97. The quantitative estimate of drug-likeness (QED) is 0.776. The fourth-order valence-electron chi connectivity index (χ4n) is 2.47. The molecule has 1 saturated heterocycles. The molecule has 0 aromatic carbocycles. The molecule has 0 bridgehead atoms. The van der Waals surface area contributed by atoms with Crippen molar-refractivity contribution in [3.05, 3.63) is 12.7 Å². The summed E-state index contributed by atoms with van der Waals surface area (Å²) in [4.78, 5) is 27.7. The number of hydrogen-bond donors (Lipinski definition) is 3. The first kappa shape index (κ1) is 12.6. The lowest BCUT2D eigenvalue weighted by Crippen LogP contribution is -2.39. The number of aromatic amines is 1. The van der Waals surface area contributed by atoms with Gasteiger partial charge in [0.15, 0.2) is 11.5 Å². The van der Waals surface area contributed by atoms with Crippen molar-refractivity contribution >= 4 is 23.1 Å². The maximum absolute atomic E-state index is 10.8. The molecule has 106 valence electrons. The van der Waals surface area contributed by atoms with Crippen molar-refractivity contribution in [2.45, 2.75) is 12.8 Å². The number of fused-ring (bicyclic) bond motifs is 1. The first-order valence-electron chi connectivity index (χ1n) is 6.60. The second-order valence-electron chi connectivity index (χ2n) is 4.92. The lowest BCUT2D eigenvalue weighted by molar-refractivity contribution is 0.126. The molecular weight excluding hydrogens is 260 g/mol. The maximum Gasteiger partial charge on any atom is 0.407 e. The van der Waals surface area contributed by atoms with E-state index in [9.17, 15) is 4.79 Å². The predicted molar refractivity (Wildman–Crippen MR) is 72.5 cm³/mol. The van der Waals surface area contributed by atoms with Crippen LogP contribution in [0.15, 0.2) is 12.7 Å². The zero-order chi connectivity index (χ0) is 13.9. The van der Waals surface area contributed by atoms with E-state index in [1.165, 1.54) is 11.2 Å². The van der Waals surface area contributed by atoms with Crippen LogP contribution in [0.3, 0.4) is 0 Å². The molecule has 2 aromatic rings. The monoisotopic (exact) mass is 276 g/mol. The lowest BCUT2D eigenvalue weighted by Gasteiger charge is -2.30. The average molecular weight is 276 g/mol. The normalized spacial score (nSPS) is 16.5. The molecule has 0 atom stereocenters. The van der Waals surface area contributed by atoms with Crippen molar-refractivity contribution in [1.29, 1.82) is 0 Å². The van der Waals surface area contributed by atoms with Crippen molar-refractivity contribution in [1.82, 2.24) is 24.8 Å². The number of imidazole rings is 1. The van der Waals surface area contributed by atoms with Gasteiger partial charge in [0.1, 0.15) is 11.8 Å². The van der Waals surface area contributed by atoms with E-state index in [1.54, 1.807) is 6.33 Å². The Bertz CT molecular complexity index is 605. The van der Waals surface area contributed by atoms with Gasteiger partial charge in [-0.05, 0) is 18.8 Å². The fourth-order valence-corrected chi connectivity index (χ4v) is 2.47. The van der Waals surface area contributed by atoms with Crippen molar-refractivity contribution < 1.29 is 9.90 Å². The summed E-state index contributed by atoms with van der Waals surface area (Å²) in [7, 11) is 0. The zero-order valence-electron chi connectivity index (χ0n) is 10.9. The van der Waals surface area contributed by atoms with Gasteiger partial charge in [-0.15, -0.1) is 0 Å². The second-order valence-corrected chi connectivity index (χ2v) is 4.92. The minimum Gasteiger partial charge on any atom is -0.465 e. The van der Waals surface area contributed by atoms with Crippen LogP contribution in [0.5, 0.6) is 0 Å². The summed E-state index contributed by atoms with van der Waals surface area (Å²) in [6.07, 6.45) is 3.99. The Kier molecular flexibility index (Phi) is 3.36. The molecule has 0 unspecified atom stereocenters. The second kappa shape index (κ2) is 5.32. The summed E-state index contributed by atoms with van der Waals surface area (Å²) in [5, 5.41) is 12.2. The highest BCUT2D eigenvalue weighted by molar-refractivity contribution is 5.81. The molecule has 2 aromatic heterocycles. The highest BCUT2D eigenvalue weighted by atomic mass is 16.4. The Morgan fingerprint density at radius 1 is 1.40 bits per heavy atom. The van der Waals surface area contributed by atoms with Crippen molar-refractivity contribution in [3.8, 4) is 0 Å². The molecule has 0 saturated carbocycles. The van der Waals surface area contributed by atoms with Crippen LogP contribution in [0.1, 0.15) is 12.8 Å². The molecule has 3 N–H and O–H groups in total. The summed E-state index contributed by atoms with van der Waals surface area (Å²) in [5.74, 6) is 1.20. The Labute approximate surface area is 115 Å². The van der Waals surface area contributed by atoms with Gasteiger partial charge in [0.05, 0.1) is 6.33 Å². The van der Waals surface area contributed by atoms with E-state index >= 15 is 0 Å². The molecular formula is C12H16N6O2. The molecule has 0 radical (unpaired) electrons. The molecule has 8 nitrogen and oxygen atoms in total. The summed E-state index contributed by atoms with van der Waals surface area (Å²) in [6, 6.07) is 0. The smallest absolute Gasteiger partial charge is 0.407 e. The van der Waals surface area contributed by atoms with Gasteiger partial charge in [0, 0.05) is 19.6 Å². The minimum absolute atomic E-state index is 0.457. The van der Waals surface area contributed by atoms with Gasteiger partial charge in [-0.3, -0.25) is 0 Å². The van der Waals surface area contributed by atoms with E-state index < -0.39 is 6.09 Å². The molecule has 1 aliphatic heterocycles. The number of aromatic nitrogens is 4. The first-order valence-corrected chi connectivity index (χ1v) is 6.60. The van der Waals surface area contributed by atoms with Crippen LogP contribution < -0.4 is 5.32 Å². The van der Waals surface area contributed by atoms with Crippen LogP contribution in [-0.2, 0) is 0 Å². The number of hydrogen-bond acceptors (Lipinski definition) is 5. The number of H-pyrrole nitrogens is 1. The van der Waals surface area contributed by atoms with Crippen LogP contribution in [0.4, 0.5) is 10.6 Å². The molecule has 8 heteroatoms. The average Bonchev–Trinajstić information content (AvgIpc) is 2.94. The molecule has 3 heterocycles. The highest BCUT2D eigenvalue weighted by Crippen LogP contribution is 2.19. The summed E-state index contributed by atoms with van der Waals surface area (Å²) >= 11 is 0. The third-order valence-corrected chi connectivity index (χ3v) is 3.67. The fraction of sp³-hybridized carbons (Fsp3) is 0.500. The van der Waals surface area contributed by atoms with E-state index in [0.717, 1.165) is 30.7 Å². The third kappa shape index (κ3) is 2.49. The summed E-state index contributed by atoms with van der Waals surface area (Å²) < 4.78 is 0. The summed E-state index contributed by atoms with van der Waals surface area (Å²) in [6.45, 7) is 1.98. The minimum atomic E-state index is -0.827. The molecule has 3 rings (SSSR count). The van der Waals surface area contributed by atoms with Crippen LogP contribution in [0.25, 0.3) is 11.2 Å². The van der Waals surface area contributed by atoms with Gasteiger partial charge in [0.2, 0.25) is 0 Å². The van der Waals surface area contributed by atoms with Gasteiger partial charge in [-0.2, -0.15) is 0 Å². The van der Waals surface area contributed by atoms with E-state index in [2.05, 4.69) is 25.3 Å². The van der Waals surface area contributed by atoms with E-state index in [1.807, 2.05) is 0 Å². The Morgan fingerprint density at radius 3 is 2.95 bits per heavy atom. The zero-order valence-corrected chi connectivity index (χ0v) is 10.9. The van der Waals surface area contributed by atoms with Crippen LogP contribution in [0, 0.1) is 5.92 Å². The molecule has 0 spiro atoms. The highest BCUT2D eigenvalue weighted by Gasteiger charge is 2.22. The Morgan fingerprint density at radius 2 is 2.20 bits per heavy atom. The first-order chi connectivity index (χ1) is 9.74. The standard InChI is InChI=1S/C12H16N6O2/c19-12(20)18-3-1-8(2-4-18)5-13-10-9-11(15-6-14-9)17-7-16-10/h6-8H,1-5H2,(H,19,20)(H2,13,14,15,16,17). The van der Waals surface area contributed by atoms with Gasteiger partial charge in [0.25, 0.3) is 0 Å². The Balaban J connectivity index is 1.58. The van der Waals surface area contributed by atoms with E-state index in [4.69, 9.17) is 5.11 Å². The van der Waals surface area contributed by atoms with Crippen LogP contribution >= 0.6 is 0 Å². The number of carboxylic acid groups (broad SMARTS) is 1. The molecule has 1 amide bonds. The van der Waals surface area contributed by atoms with Crippen molar-refractivity contribution in [2.24, 2.45) is 5.92 Å². The predicted octanol–water partition coefficient (Wildman–Crippen LogP) is 1.15. The third-order valence-electron chi connectivity index (χ3n) is 3.67. The number of anilines is 1. The number of nitrogens with one attached hydrogen (secondary N) is 2. The number of likely N-dealkylation sites (tertiary alicyclic amines) is 1. The van der Waals surface area contributed by atoms with E-state index in [-0.39, 0.29) is 0 Å². The topological polar surface area (TPSA) is 107 Å². The number of piperidine rings is 1. The maximum atomic E-state index is 10.8. The molecule has 1 aliphatic rings. The largest absolute Gasteiger partial charge is 0.465 e. The molecule has 0 aliphatic carbocycles. The van der Waals surface area contributed by atoms with Gasteiger partial charge >= 0.3 is 6.09 Å². The van der Waals surface area contributed by atoms with Gasteiger partial charge < -0.3 is 20.3 Å². The van der Waals surface area contributed by atoms with Crippen LogP contribution in [0.2, 0.25) is 0 Å². The molecule has 20 heavy (non-hydrogen) atoms. The number of amides is 1. The van der Waals surface area contributed by atoms with E-state index in [0.29, 0.717) is 24.7 Å². The number of nitrogens with zero attached hydrogens (tertiary/aromatic N) is 4. The molecule has 1 fully saturated rings. The number of carbonyl (C=O) groups is 1. The Hall–Kier alpha value is -2.38.